The summed E-state index contributed by atoms with van der Waals surface area (Å²) in [5.74, 6) is 0.965. The third kappa shape index (κ3) is 6.74. The summed E-state index contributed by atoms with van der Waals surface area (Å²) in [5, 5.41) is 24.6. The van der Waals surface area contributed by atoms with E-state index in [9.17, 15) is 10.1 Å². The van der Waals surface area contributed by atoms with E-state index in [1.165, 1.54) is 0 Å². The van der Waals surface area contributed by atoms with E-state index in [1.807, 2.05) is 52.1 Å². The van der Waals surface area contributed by atoms with Crippen LogP contribution in [0.15, 0.2) is 48.7 Å². The van der Waals surface area contributed by atoms with Crippen LogP contribution in [0.1, 0.15) is 48.2 Å². The van der Waals surface area contributed by atoms with E-state index in [-0.39, 0.29) is 5.91 Å². The molecule has 0 aliphatic heterocycles. The fourth-order valence-electron chi connectivity index (χ4n) is 4.25. The first kappa shape index (κ1) is 28.5. The van der Waals surface area contributed by atoms with Gasteiger partial charge in [-0.15, -0.1) is 0 Å². The molecule has 0 unspecified atom stereocenters. The van der Waals surface area contributed by atoms with Gasteiger partial charge in [-0.2, -0.15) is 15.3 Å². The summed E-state index contributed by atoms with van der Waals surface area (Å²) in [4.78, 5) is 24.4. The van der Waals surface area contributed by atoms with Gasteiger partial charge in [0, 0.05) is 36.7 Å². The van der Waals surface area contributed by atoms with Gasteiger partial charge in [-0.25, -0.2) is 9.67 Å². The fourth-order valence-corrected chi connectivity index (χ4v) is 4.25. The van der Waals surface area contributed by atoms with Gasteiger partial charge >= 0.3 is 0 Å². The molecule has 4 rings (SSSR count). The summed E-state index contributed by atoms with van der Waals surface area (Å²) in [6.45, 7) is 7.51. The number of hydrogen-bond acceptors (Lipinski definition) is 8. The number of unbranched alkanes of at least 4 members (excludes halogenated alkanes) is 1. The second-order valence-corrected chi connectivity index (χ2v) is 10.8. The van der Waals surface area contributed by atoms with E-state index in [0.29, 0.717) is 23.0 Å². The number of aromatic nitrogens is 4. The number of aryl methyl sites for hydroxylation is 2. The second-order valence-electron chi connectivity index (χ2n) is 10.8. The van der Waals surface area contributed by atoms with Gasteiger partial charge in [-0.1, -0.05) is 18.2 Å². The number of hydrogen-bond donors (Lipinski definition) is 3. The van der Waals surface area contributed by atoms with Crippen LogP contribution in [-0.4, -0.2) is 57.7 Å². The van der Waals surface area contributed by atoms with Crippen LogP contribution in [0.5, 0.6) is 0 Å². The van der Waals surface area contributed by atoms with E-state index >= 15 is 0 Å². The van der Waals surface area contributed by atoms with Crippen molar-refractivity contribution in [2.24, 2.45) is 7.05 Å². The largest absolute Gasteiger partial charge is 0.354 e. The fraction of sp³-hybridized carbons (Fsp3) is 0.367. The Balaban J connectivity index is 1.48. The quantitative estimate of drug-likeness (QED) is 0.222. The molecule has 0 aliphatic carbocycles. The zero-order chi connectivity index (χ0) is 28.9. The number of anilines is 4. The van der Waals surface area contributed by atoms with Crippen LogP contribution < -0.4 is 16.0 Å². The second kappa shape index (κ2) is 12.1. The Morgan fingerprint density at radius 3 is 2.70 bits per heavy atom. The molecule has 0 spiro atoms. The van der Waals surface area contributed by atoms with Crippen LogP contribution in [0.4, 0.5) is 23.1 Å². The van der Waals surface area contributed by atoms with Crippen molar-refractivity contribution in [2.75, 3.05) is 43.1 Å². The molecule has 10 heteroatoms. The van der Waals surface area contributed by atoms with Crippen LogP contribution in [0, 0.1) is 18.3 Å². The third-order valence-electron chi connectivity index (χ3n) is 6.77. The standard InChI is InChI=1S/C30H37N9O/c1-20-12-13-23(34-28(40)21-10-9-11-22(16-21)30(2,3)19-31)17-25(20)35-26-24-18-33-29(36-27(24)39(6)37-26)32-14-7-8-15-38(4)5/h9-13,16-18H,7-8,14-15H2,1-6H3,(H,34,40)(H,35,37)(H,32,33,36). The molecule has 2 aromatic carbocycles. The maximum absolute atomic E-state index is 13.0. The van der Waals surface area contributed by atoms with Gasteiger partial charge in [0.05, 0.1) is 16.9 Å². The number of benzene rings is 2. The van der Waals surface area contributed by atoms with Gasteiger partial charge in [0.2, 0.25) is 5.95 Å². The third-order valence-corrected chi connectivity index (χ3v) is 6.77. The topological polar surface area (TPSA) is 124 Å². The van der Waals surface area contributed by atoms with Crippen LogP contribution in [-0.2, 0) is 12.5 Å². The van der Waals surface area contributed by atoms with Gasteiger partial charge in [-0.05, 0) is 89.6 Å². The van der Waals surface area contributed by atoms with Crippen molar-refractivity contribution in [3.8, 4) is 6.07 Å². The summed E-state index contributed by atoms with van der Waals surface area (Å²) in [5.41, 5.74) is 3.75. The van der Waals surface area contributed by atoms with Gasteiger partial charge < -0.3 is 20.9 Å². The van der Waals surface area contributed by atoms with Crippen molar-refractivity contribution in [3.63, 3.8) is 0 Å². The number of carbonyl (C=O) groups is 1. The lowest BCUT2D eigenvalue weighted by molar-refractivity contribution is 0.102. The Morgan fingerprint density at radius 1 is 1.15 bits per heavy atom. The normalized spacial score (nSPS) is 11.4. The highest BCUT2D eigenvalue weighted by Gasteiger charge is 2.21. The molecule has 3 N–H and O–H groups in total. The first-order valence-corrected chi connectivity index (χ1v) is 13.4. The summed E-state index contributed by atoms with van der Waals surface area (Å²) >= 11 is 0. The van der Waals surface area contributed by atoms with Crippen molar-refractivity contribution < 1.29 is 4.79 Å². The maximum atomic E-state index is 13.0. The first-order valence-electron chi connectivity index (χ1n) is 13.4. The highest BCUT2D eigenvalue weighted by molar-refractivity contribution is 6.04. The molecule has 4 aromatic rings. The van der Waals surface area contributed by atoms with Crippen LogP contribution in [0.2, 0.25) is 0 Å². The molecule has 0 bridgehead atoms. The number of carbonyl (C=O) groups excluding carboxylic acids is 1. The molecule has 1 amide bonds. The average molecular weight is 540 g/mol. The molecule has 2 aromatic heterocycles. The lowest BCUT2D eigenvalue weighted by Crippen LogP contribution is -2.17. The van der Waals surface area contributed by atoms with E-state index < -0.39 is 5.41 Å². The summed E-state index contributed by atoms with van der Waals surface area (Å²) < 4.78 is 1.73. The SMILES string of the molecule is Cc1ccc(NC(=O)c2cccc(C(C)(C)C#N)c2)cc1Nc1nn(C)c2nc(NCCCCN(C)C)ncc12. The van der Waals surface area contributed by atoms with Gasteiger partial charge in [0.25, 0.3) is 5.91 Å². The van der Waals surface area contributed by atoms with Gasteiger partial charge in [-0.3, -0.25) is 4.79 Å². The molecule has 40 heavy (non-hydrogen) atoms. The number of fused-ring (bicyclic) bond motifs is 1. The van der Waals surface area contributed by atoms with E-state index in [0.717, 1.165) is 53.8 Å². The first-order chi connectivity index (χ1) is 19.1. The number of nitriles is 1. The number of nitrogens with one attached hydrogen (secondary N) is 3. The minimum atomic E-state index is -0.685. The molecular formula is C30H37N9O. The molecule has 208 valence electrons. The summed E-state index contributed by atoms with van der Waals surface area (Å²) in [6, 6.07) is 15.1. The van der Waals surface area contributed by atoms with Crippen LogP contribution >= 0.6 is 0 Å². The van der Waals surface area contributed by atoms with Crippen LogP contribution in [0.25, 0.3) is 11.0 Å². The molecule has 0 saturated heterocycles. The van der Waals surface area contributed by atoms with Crippen molar-refractivity contribution in [1.82, 2.24) is 24.6 Å². The number of rotatable bonds is 11. The van der Waals surface area contributed by atoms with Gasteiger partial charge in [0.15, 0.2) is 11.5 Å². The van der Waals surface area contributed by atoms with Crippen molar-refractivity contribution >= 4 is 40.1 Å². The molecule has 0 radical (unpaired) electrons. The molecule has 2 heterocycles. The van der Waals surface area contributed by atoms with Crippen molar-refractivity contribution in [3.05, 3.63) is 65.4 Å². The minimum absolute atomic E-state index is 0.246. The summed E-state index contributed by atoms with van der Waals surface area (Å²) in [6.07, 6.45) is 3.91. The molecular weight excluding hydrogens is 502 g/mol. The van der Waals surface area contributed by atoms with Crippen LogP contribution in [0.3, 0.4) is 0 Å². The van der Waals surface area contributed by atoms with E-state index in [4.69, 9.17) is 0 Å². The summed E-state index contributed by atoms with van der Waals surface area (Å²) in [7, 11) is 6.00. The lowest BCUT2D eigenvalue weighted by atomic mass is 9.85. The van der Waals surface area contributed by atoms with Gasteiger partial charge in [0.1, 0.15) is 0 Å². The smallest absolute Gasteiger partial charge is 0.255 e. The molecule has 10 nitrogen and oxygen atoms in total. The van der Waals surface area contributed by atoms with E-state index in [2.05, 4.69) is 56.1 Å². The Hall–Kier alpha value is -4.49. The molecule has 0 fully saturated rings. The predicted octanol–water partition coefficient (Wildman–Crippen LogP) is 5.22. The van der Waals surface area contributed by atoms with E-state index in [1.54, 1.807) is 29.1 Å². The number of amides is 1. The highest BCUT2D eigenvalue weighted by atomic mass is 16.1. The lowest BCUT2D eigenvalue weighted by Gasteiger charge is -2.17. The Labute approximate surface area is 235 Å². The zero-order valence-corrected chi connectivity index (χ0v) is 24.0. The highest BCUT2D eigenvalue weighted by Crippen LogP contribution is 2.29. The monoisotopic (exact) mass is 539 g/mol. The Morgan fingerprint density at radius 2 is 1.95 bits per heavy atom. The Bertz CT molecular complexity index is 1550. The maximum Gasteiger partial charge on any atom is 0.255 e. The molecule has 0 atom stereocenters. The molecule has 0 aliphatic rings. The predicted molar refractivity (Wildman–Crippen MR) is 160 cm³/mol. The van der Waals surface area contributed by atoms with Crippen molar-refractivity contribution in [2.45, 2.75) is 39.0 Å². The molecule has 0 saturated carbocycles. The number of nitrogens with zero attached hydrogens (tertiary/aromatic N) is 6. The zero-order valence-electron chi connectivity index (χ0n) is 24.0. The Kier molecular flexibility index (Phi) is 8.65. The van der Waals surface area contributed by atoms with Crippen molar-refractivity contribution in [1.29, 1.82) is 5.26 Å². The minimum Gasteiger partial charge on any atom is -0.354 e. The average Bonchev–Trinajstić information content (AvgIpc) is 3.24.